The molecule has 0 saturated carbocycles. The van der Waals surface area contributed by atoms with Crippen LogP contribution in [0.25, 0.3) is 0 Å². The van der Waals surface area contributed by atoms with Gasteiger partial charge in [-0.1, -0.05) is 44.2 Å². The zero-order chi connectivity index (χ0) is 16.7. The van der Waals surface area contributed by atoms with Crippen molar-refractivity contribution < 1.29 is 9.59 Å². The summed E-state index contributed by atoms with van der Waals surface area (Å²) in [4.78, 5) is 24.0. The van der Waals surface area contributed by atoms with Crippen LogP contribution in [0.2, 0.25) is 0 Å². The second-order valence-corrected chi connectivity index (χ2v) is 5.33. The molecule has 0 radical (unpaired) electrons. The number of para-hydroxylation sites is 1. The molecule has 2 N–H and O–H groups in total. The van der Waals surface area contributed by atoms with E-state index in [-0.39, 0.29) is 18.2 Å². The summed E-state index contributed by atoms with van der Waals surface area (Å²) in [6.07, 6.45) is 1.58. The van der Waals surface area contributed by atoms with Gasteiger partial charge in [-0.15, -0.1) is 0 Å². The Morgan fingerprint density at radius 2 is 1.48 bits per heavy atom. The fourth-order valence-corrected chi connectivity index (χ4v) is 2.32. The molecule has 2 aromatic rings. The number of carbonyl (C=O) groups excluding carboxylic acids is 2. The largest absolute Gasteiger partial charge is 0.326 e. The Balaban J connectivity index is 1.90. The van der Waals surface area contributed by atoms with Gasteiger partial charge in [0.15, 0.2) is 0 Å². The highest BCUT2D eigenvalue weighted by Crippen LogP contribution is 2.16. The number of aryl methyl sites for hydroxylation is 2. The molecule has 120 valence electrons. The molecule has 0 heterocycles. The van der Waals surface area contributed by atoms with Crippen LogP contribution >= 0.6 is 0 Å². The van der Waals surface area contributed by atoms with E-state index in [1.807, 2.05) is 55.5 Å². The van der Waals surface area contributed by atoms with Gasteiger partial charge < -0.3 is 10.6 Å². The molecule has 23 heavy (non-hydrogen) atoms. The molecule has 0 aliphatic carbocycles. The van der Waals surface area contributed by atoms with Gasteiger partial charge in [-0.05, 0) is 42.2 Å². The maximum Gasteiger partial charge on any atom is 0.233 e. The lowest BCUT2D eigenvalue weighted by Gasteiger charge is -2.10. The van der Waals surface area contributed by atoms with Crippen molar-refractivity contribution in [2.24, 2.45) is 0 Å². The van der Waals surface area contributed by atoms with Crippen LogP contribution in [0, 0.1) is 0 Å². The van der Waals surface area contributed by atoms with Gasteiger partial charge in [0.25, 0.3) is 0 Å². The van der Waals surface area contributed by atoms with Crippen molar-refractivity contribution in [3.8, 4) is 0 Å². The van der Waals surface area contributed by atoms with E-state index in [0.29, 0.717) is 5.69 Å². The summed E-state index contributed by atoms with van der Waals surface area (Å²) >= 11 is 0. The van der Waals surface area contributed by atoms with Crippen LogP contribution < -0.4 is 10.6 Å². The first kappa shape index (κ1) is 16.7. The van der Waals surface area contributed by atoms with Gasteiger partial charge in [0.1, 0.15) is 6.42 Å². The first-order valence-electron chi connectivity index (χ1n) is 7.89. The Labute approximate surface area is 136 Å². The quantitative estimate of drug-likeness (QED) is 0.798. The molecule has 2 amide bonds. The van der Waals surface area contributed by atoms with Crippen molar-refractivity contribution in [2.45, 2.75) is 33.1 Å². The Bertz CT molecular complexity index is 678. The highest BCUT2D eigenvalue weighted by molar-refractivity contribution is 6.08. The van der Waals surface area contributed by atoms with Crippen molar-refractivity contribution in [1.29, 1.82) is 0 Å². The summed E-state index contributed by atoms with van der Waals surface area (Å²) in [5.74, 6) is -0.630. The summed E-state index contributed by atoms with van der Waals surface area (Å²) in [5, 5.41) is 5.54. The Morgan fingerprint density at radius 3 is 2.13 bits per heavy atom. The van der Waals surface area contributed by atoms with E-state index in [1.54, 1.807) is 0 Å². The number of anilines is 2. The van der Waals surface area contributed by atoms with Crippen molar-refractivity contribution in [1.82, 2.24) is 0 Å². The molecule has 4 heteroatoms. The van der Waals surface area contributed by atoms with E-state index >= 15 is 0 Å². The van der Waals surface area contributed by atoms with Crippen molar-refractivity contribution in [3.63, 3.8) is 0 Å². The number of nitrogens with one attached hydrogen (secondary N) is 2. The first-order valence-corrected chi connectivity index (χ1v) is 7.89. The second kappa shape index (κ2) is 8.13. The van der Waals surface area contributed by atoms with Crippen LogP contribution in [0.3, 0.4) is 0 Å². The van der Waals surface area contributed by atoms with Crippen LogP contribution in [-0.2, 0) is 22.4 Å². The highest BCUT2D eigenvalue weighted by atomic mass is 16.2. The molecule has 4 nitrogen and oxygen atoms in total. The average molecular weight is 310 g/mol. The molecule has 0 fully saturated rings. The van der Waals surface area contributed by atoms with E-state index in [2.05, 4.69) is 17.6 Å². The highest BCUT2D eigenvalue weighted by Gasteiger charge is 2.11. The Morgan fingerprint density at radius 1 is 0.826 bits per heavy atom. The molecule has 0 aromatic heterocycles. The maximum atomic E-state index is 12.0. The first-order chi connectivity index (χ1) is 11.1. The summed E-state index contributed by atoms with van der Waals surface area (Å²) < 4.78 is 0. The molecular formula is C19H22N2O2. The minimum absolute atomic E-state index is 0.201. The van der Waals surface area contributed by atoms with E-state index in [9.17, 15) is 9.59 Å². The number of hydrogen-bond donors (Lipinski definition) is 2. The summed E-state index contributed by atoms with van der Waals surface area (Å²) in [6.45, 7) is 4.10. The summed E-state index contributed by atoms with van der Waals surface area (Å²) in [6, 6.07) is 15.2. The van der Waals surface area contributed by atoms with Gasteiger partial charge in [-0.25, -0.2) is 0 Å². The normalized spacial score (nSPS) is 10.2. The van der Waals surface area contributed by atoms with Crippen LogP contribution in [0.5, 0.6) is 0 Å². The number of carbonyl (C=O) groups is 2. The van der Waals surface area contributed by atoms with Crippen LogP contribution in [0.1, 0.15) is 31.4 Å². The average Bonchev–Trinajstić information content (AvgIpc) is 2.55. The predicted molar refractivity (Wildman–Crippen MR) is 93.5 cm³/mol. The monoisotopic (exact) mass is 310 g/mol. The summed E-state index contributed by atoms with van der Waals surface area (Å²) in [7, 11) is 0. The molecular weight excluding hydrogens is 288 g/mol. The molecule has 0 aliphatic heterocycles. The molecule has 2 aromatic carbocycles. The molecule has 0 saturated heterocycles. The molecule has 0 unspecified atom stereocenters. The van der Waals surface area contributed by atoms with Crippen LogP contribution in [0.4, 0.5) is 11.4 Å². The molecule has 2 rings (SSSR count). The third kappa shape index (κ3) is 4.95. The fourth-order valence-electron chi connectivity index (χ4n) is 2.32. The zero-order valence-corrected chi connectivity index (χ0v) is 13.6. The molecule has 0 bridgehead atoms. The SMILES string of the molecule is CCc1ccc(NC(=O)CC(=O)Nc2ccccc2CC)cc1. The second-order valence-electron chi connectivity index (χ2n) is 5.33. The Hall–Kier alpha value is -2.62. The number of benzene rings is 2. The number of amides is 2. The minimum atomic E-state index is -0.319. The minimum Gasteiger partial charge on any atom is -0.326 e. The van der Waals surface area contributed by atoms with Crippen molar-refractivity contribution in [2.75, 3.05) is 10.6 Å². The van der Waals surface area contributed by atoms with Gasteiger partial charge in [0.05, 0.1) is 0 Å². The zero-order valence-electron chi connectivity index (χ0n) is 13.6. The van der Waals surface area contributed by atoms with E-state index in [1.165, 1.54) is 5.56 Å². The summed E-state index contributed by atoms with van der Waals surface area (Å²) in [5.41, 5.74) is 3.72. The maximum absolute atomic E-state index is 12.0. The predicted octanol–water partition coefficient (Wildman–Crippen LogP) is 3.78. The lowest BCUT2D eigenvalue weighted by Crippen LogP contribution is -2.21. The van der Waals surface area contributed by atoms with Crippen LogP contribution in [-0.4, -0.2) is 11.8 Å². The van der Waals surface area contributed by atoms with E-state index in [0.717, 1.165) is 24.1 Å². The van der Waals surface area contributed by atoms with Crippen LogP contribution in [0.15, 0.2) is 48.5 Å². The lowest BCUT2D eigenvalue weighted by molar-refractivity contribution is -0.123. The van der Waals surface area contributed by atoms with E-state index < -0.39 is 0 Å². The topological polar surface area (TPSA) is 58.2 Å². The van der Waals surface area contributed by atoms with Crippen molar-refractivity contribution >= 4 is 23.2 Å². The third-order valence-corrected chi connectivity index (χ3v) is 3.64. The molecule has 0 aliphatic rings. The number of hydrogen-bond acceptors (Lipinski definition) is 2. The molecule has 0 atom stereocenters. The van der Waals surface area contributed by atoms with Crippen molar-refractivity contribution in [3.05, 3.63) is 59.7 Å². The third-order valence-electron chi connectivity index (χ3n) is 3.64. The van der Waals surface area contributed by atoms with Gasteiger partial charge in [0.2, 0.25) is 11.8 Å². The van der Waals surface area contributed by atoms with Gasteiger partial charge in [0, 0.05) is 11.4 Å². The van der Waals surface area contributed by atoms with E-state index in [4.69, 9.17) is 0 Å². The van der Waals surface area contributed by atoms with Gasteiger partial charge >= 0.3 is 0 Å². The Kier molecular flexibility index (Phi) is 5.92. The number of rotatable bonds is 6. The smallest absolute Gasteiger partial charge is 0.233 e. The fraction of sp³-hybridized carbons (Fsp3) is 0.263. The van der Waals surface area contributed by atoms with Gasteiger partial charge in [-0.3, -0.25) is 9.59 Å². The van der Waals surface area contributed by atoms with Gasteiger partial charge in [-0.2, -0.15) is 0 Å². The lowest BCUT2D eigenvalue weighted by atomic mass is 10.1. The standard InChI is InChI=1S/C19H22N2O2/c1-3-14-9-11-16(12-10-14)20-18(22)13-19(23)21-17-8-6-5-7-15(17)4-2/h5-12H,3-4,13H2,1-2H3,(H,20,22)(H,21,23). The molecule has 0 spiro atoms.